The first-order valence-electron chi connectivity index (χ1n) is 7.81. The molecule has 0 saturated heterocycles. The summed E-state index contributed by atoms with van der Waals surface area (Å²) in [7, 11) is 0. The molecule has 0 aliphatic heterocycles. The number of aromatic amines is 1. The summed E-state index contributed by atoms with van der Waals surface area (Å²) in [5.41, 5.74) is 3.73. The Kier molecular flexibility index (Phi) is 3.44. The monoisotopic (exact) mass is 287 g/mol. The van der Waals surface area contributed by atoms with Gasteiger partial charge in [-0.1, -0.05) is 20.8 Å². The SMILES string of the molecule is CCC(c1ncc[nH]1)n1c(C)cc2c1CC(C)(C)CC2O. The number of aliphatic hydroxyl groups excluding tert-OH is 1. The van der Waals surface area contributed by atoms with E-state index < -0.39 is 0 Å². The third kappa shape index (κ3) is 2.42. The second kappa shape index (κ2) is 5.02. The van der Waals surface area contributed by atoms with Crippen LogP contribution in [-0.2, 0) is 6.42 Å². The molecule has 3 rings (SSSR count). The van der Waals surface area contributed by atoms with Gasteiger partial charge in [-0.2, -0.15) is 0 Å². The average Bonchev–Trinajstić information content (AvgIpc) is 3.00. The number of aliphatic hydroxyl groups is 1. The number of aryl methyl sites for hydroxylation is 1. The van der Waals surface area contributed by atoms with Crippen molar-refractivity contribution in [3.63, 3.8) is 0 Å². The fourth-order valence-corrected chi connectivity index (χ4v) is 3.76. The summed E-state index contributed by atoms with van der Waals surface area (Å²) < 4.78 is 2.37. The van der Waals surface area contributed by atoms with Crippen molar-refractivity contribution in [1.29, 1.82) is 0 Å². The van der Waals surface area contributed by atoms with E-state index in [1.165, 1.54) is 11.4 Å². The summed E-state index contributed by atoms with van der Waals surface area (Å²) >= 11 is 0. The highest BCUT2D eigenvalue weighted by atomic mass is 16.3. The van der Waals surface area contributed by atoms with Gasteiger partial charge in [-0.05, 0) is 37.7 Å². The Morgan fingerprint density at radius 2 is 2.29 bits per heavy atom. The van der Waals surface area contributed by atoms with Crippen LogP contribution < -0.4 is 0 Å². The maximum absolute atomic E-state index is 10.5. The second-order valence-corrected chi connectivity index (χ2v) is 7.02. The number of aromatic nitrogens is 3. The molecule has 2 atom stereocenters. The second-order valence-electron chi connectivity index (χ2n) is 7.02. The van der Waals surface area contributed by atoms with Crippen LogP contribution in [0.3, 0.4) is 0 Å². The molecule has 0 saturated carbocycles. The van der Waals surface area contributed by atoms with Crippen molar-refractivity contribution < 1.29 is 5.11 Å². The van der Waals surface area contributed by atoms with Gasteiger partial charge in [0, 0.05) is 29.3 Å². The summed E-state index contributed by atoms with van der Waals surface area (Å²) in [6.45, 7) is 8.78. The highest BCUT2D eigenvalue weighted by Gasteiger charge is 2.35. The summed E-state index contributed by atoms with van der Waals surface area (Å²) in [4.78, 5) is 7.70. The van der Waals surface area contributed by atoms with E-state index in [0.29, 0.717) is 0 Å². The van der Waals surface area contributed by atoms with Crippen LogP contribution in [0.1, 0.15) is 68.5 Å². The molecular weight excluding hydrogens is 262 g/mol. The van der Waals surface area contributed by atoms with E-state index in [-0.39, 0.29) is 17.6 Å². The summed E-state index contributed by atoms with van der Waals surface area (Å²) in [5.74, 6) is 0.997. The molecule has 2 unspecified atom stereocenters. The summed E-state index contributed by atoms with van der Waals surface area (Å²) in [6.07, 6.45) is 6.15. The van der Waals surface area contributed by atoms with Gasteiger partial charge < -0.3 is 14.7 Å². The van der Waals surface area contributed by atoms with Gasteiger partial charge >= 0.3 is 0 Å². The molecule has 2 aromatic heterocycles. The van der Waals surface area contributed by atoms with Crippen molar-refractivity contribution in [1.82, 2.24) is 14.5 Å². The third-order valence-electron chi connectivity index (χ3n) is 4.65. The van der Waals surface area contributed by atoms with Crippen LogP contribution in [0.15, 0.2) is 18.5 Å². The molecule has 114 valence electrons. The van der Waals surface area contributed by atoms with Crippen molar-refractivity contribution in [2.45, 2.75) is 59.1 Å². The van der Waals surface area contributed by atoms with Crippen LogP contribution >= 0.6 is 0 Å². The number of rotatable bonds is 3. The molecule has 2 N–H and O–H groups in total. The van der Waals surface area contributed by atoms with Crippen molar-refractivity contribution in [2.75, 3.05) is 0 Å². The number of imidazole rings is 1. The Morgan fingerprint density at radius 3 is 2.90 bits per heavy atom. The van der Waals surface area contributed by atoms with E-state index >= 15 is 0 Å². The van der Waals surface area contributed by atoms with Crippen LogP contribution in [0.25, 0.3) is 0 Å². The number of hydrogen-bond acceptors (Lipinski definition) is 2. The van der Waals surface area contributed by atoms with Gasteiger partial charge in [0.05, 0.1) is 12.1 Å². The maximum Gasteiger partial charge on any atom is 0.129 e. The lowest BCUT2D eigenvalue weighted by atomic mass is 9.75. The first-order chi connectivity index (χ1) is 9.93. The van der Waals surface area contributed by atoms with Gasteiger partial charge in [0.25, 0.3) is 0 Å². The number of nitrogens with one attached hydrogen (secondary N) is 1. The molecule has 4 heteroatoms. The lowest BCUT2D eigenvalue weighted by molar-refractivity contribution is 0.0976. The average molecular weight is 287 g/mol. The fourth-order valence-electron chi connectivity index (χ4n) is 3.76. The minimum Gasteiger partial charge on any atom is -0.388 e. The Balaban J connectivity index is 2.12. The topological polar surface area (TPSA) is 53.8 Å². The number of nitrogens with zero attached hydrogens (tertiary/aromatic N) is 2. The van der Waals surface area contributed by atoms with Crippen molar-refractivity contribution in [2.24, 2.45) is 5.41 Å². The fraction of sp³-hybridized carbons (Fsp3) is 0.588. The molecule has 1 aliphatic rings. The molecular formula is C17H25N3O. The highest BCUT2D eigenvalue weighted by molar-refractivity contribution is 5.34. The van der Waals surface area contributed by atoms with Gasteiger partial charge in [0.2, 0.25) is 0 Å². The standard InChI is InChI=1S/C17H25N3O/c1-5-13(16-18-6-7-19-16)20-11(2)8-12-14(20)9-17(3,4)10-15(12)21/h6-8,13,15,21H,5,9-10H2,1-4H3,(H,18,19). The largest absolute Gasteiger partial charge is 0.388 e. The number of fused-ring (bicyclic) bond motifs is 1. The van der Waals surface area contributed by atoms with Crippen molar-refractivity contribution >= 4 is 0 Å². The molecule has 2 heterocycles. The Labute approximate surface area is 126 Å². The minimum atomic E-state index is -0.349. The van der Waals surface area contributed by atoms with Crippen LogP contribution in [-0.4, -0.2) is 19.6 Å². The Hall–Kier alpha value is -1.55. The summed E-state index contributed by atoms with van der Waals surface area (Å²) in [5, 5.41) is 10.5. The molecule has 0 amide bonds. The predicted molar refractivity (Wildman–Crippen MR) is 83.2 cm³/mol. The van der Waals surface area contributed by atoms with Crippen LogP contribution in [0.2, 0.25) is 0 Å². The van der Waals surface area contributed by atoms with Gasteiger partial charge in [0.15, 0.2) is 0 Å². The van der Waals surface area contributed by atoms with Crippen LogP contribution in [0.4, 0.5) is 0 Å². The smallest absolute Gasteiger partial charge is 0.129 e. The number of hydrogen-bond donors (Lipinski definition) is 2. The summed E-state index contributed by atoms with van der Waals surface area (Å²) in [6, 6.07) is 2.37. The maximum atomic E-state index is 10.5. The normalized spacial score (nSPS) is 22.0. The third-order valence-corrected chi connectivity index (χ3v) is 4.65. The molecule has 0 aromatic carbocycles. The molecule has 1 aliphatic carbocycles. The Bertz CT molecular complexity index is 625. The van der Waals surface area contributed by atoms with Gasteiger partial charge in [-0.3, -0.25) is 0 Å². The minimum absolute atomic E-state index is 0.135. The molecule has 0 fully saturated rings. The first-order valence-corrected chi connectivity index (χ1v) is 7.81. The first kappa shape index (κ1) is 14.4. The van der Waals surface area contributed by atoms with E-state index in [1.807, 2.05) is 12.4 Å². The van der Waals surface area contributed by atoms with Crippen LogP contribution in [0, 0.1) is 12.3 Å². The van der Waals surface area contributed by atoms with Gasteiger partial charge in [-0.15, -0.1) is 0 Å². The molecule has 4 nitrogen and oxygen atoms in total. The van der Waals surface area contributed by atoms with Crippen molar-refractivity contribution in [3.05, 3.63) is 41.2 Å². The molecule has 0 spiro atoms. The van der Waals surface area contributed by atoms with Gasteiger partial charge in [0.1, 0.15) is 5.82 Å². The van der Waals surface area contributed by atoms with E-state index in [9.17, 15) is 5.11 Å². The van der Waals surface area contributed by atoms with Crippen molar-refractivity contribution in [3.8, 4) is 0 Å². The zero-order valence-electron chi connectivity index (χ0n) is 13.3. The van der Waals surface area contributed by atoms with E-state index in [2.05, 4.69) is 48.3 Å². The van der Waals surface area contributed by atoms with E-state index in [0.717, 1.165) is 30.7 Å². The predicted octanol–water partition coefficient (Wildman–Crippen LogP) is 3.52. The Morgan fingerprint density at radius 1 is 1.52 bits per heavy atom. The zero-order valence-corrected chi connectivity index (χ0v) is 13.3. The lowest BCUT2D eigenvalue weighted by Gasteiger charge is -2.35. The lowest BCUT2D eigenvalue weighted by Crippen LogP contribution is -2.28. The molecule has 0 bridgehead atoms. The van der Waals surface area contributed by atoms with Crippen LogP contribution in [0.5, 0.6) is 0 Å². The van der Waals surface area contributed by atoms with E-state index in [1.54, 1.807) is 0 Å². The highest BCUT2D eigenvalue weighted by Crippen LogP contribution is 2.43. The molecule has 21 heavy (non-hydrogen) atoms. The van der Waals surface area contributed by atoms with E-state index in [4.69, 9.17) is 0 Å². The van der Waals surface area contributed by atoms with Gasteiger partial charge in [-0.25, -0.2) is 4.98 Å². The molecule has 2 aromatic rings. The number of H-pyrrole nitrogens is 1. The quantitative estimate of drug-likeness (QED) is 0.907. The zero-order chi connectivity index (χ0) is 15.2. The molecule has 0 radical (unpaired) electrons.